The van der Waals surface area contributed by atoms with E-state index in [0.717, 1.165) is 43.7 Å². The Hall–Kier alpha value is -1.13. The number of halogens is 1. The Labute approximate surface area is 114 Å². The molecule has 0 spiro atoms. The van der Waals surface area contributed by atoms with Crippen molar-refractivity contribution in [1.29, 1.82) is 0 Å². The summed E-state index contributed by atoms with van der Waals surface area (Å²) in [5.74, 6) is 0.344. The summed E-state index contributed by atoms with van der Waals surface area (Å²) in [5, 5.41) is 12.3. The van der Waals surface area contributed by atoms with Gasteiger partial charge in [-0.3, -0.25) is 0 Å². The number of hydrogen-bond donors (Lipinski definition) is 2. The molecule has 0 aliphatic carbocycles. The highest BCUT2D eigenvalue weighted by Crippen LogP contribution is 2.30. The van der Waals surface area contributed by atoms with E-state index in [2.05, 4.69) is 10.2 Å². The first kappa shape index (κ1) is 14.3. The molecule has 4 heteroatoms. The molecule has 0 radical (unpaired) electrons. The quantitative estimate of drug-likeness (QED) is 0.828. The maximum absolute atomic E-state index is 14.1. The van der Waals surface area contributed by atoms with Gasteiger partial charge in [0.05, 0.1) is 5.69 Å². The molecular formula is C15H23FN2O. The van der Waals surface area contributed by atoms with E-state index in [0.29, 0.717) is 12.5 Å². The van der Waals surface area contributed by atoms with E-state index in [9.17, 15) is 4.39 Å². The van der Waals surface area contributed by atoms with Gasteiger partial charge >= 0.3 is 0 Å². The molecule has 0 bridgehead atoms. The topological polar surface area (TPSA) is 35.5 Å². The highest BCUT2D eigenvalue weighted by atomic mass is 19.1. The second-order valence-electron chi connectivity index (χ2n) is 5.14. The number of benzene rings is 1. The maximum Gasteiger partial charge on any atom is 0.146 e. The number of anilines is 1. The monoisotopic (exact) mass is 266 g/mol. The second-order valence-corrected chi connectivity index (χ2v) is 5.14. The smallest absolute Gasteiger partial charge is 0.146 e. The highest BCUT2D eigenvalue weighted by molar-refractivity contribution is 5.55. The van der Waals surface area contributed by atoms with Crippen LogP contribution in [0.2, 0.25) is 0 Å². The van der Waals surface area contributed by atoms with Crippen molar-refractivity contribution in [3.8, 4) is 0 Å². The first-order valence-corrected chi connectivity index (χ1v) is 7.10. The number of hydrogen-bond acceptors (Lipinski definition) is 3. The van der Waals surface area contributed by atoms with Crippen LogP contribution in [0.25, 0.3) is 0 Å². The molecule has 19 heavy (non-hydrogen) atoms. The maximum atomic E-state index is 14.1. The molecule has 3 nitrogen and oxygen atoms in total. The SMILES string of the molecule is CCNCc1cccc(F)c1N1CCC(CCO)C1. The summed E-state index contributed by atoms with van der Waals surface area (Å²) in [6.45, 7) is 5.57. The van der Waals surface area contributed by atoms with E-state index in [1.807, 2.05) is 13.0 Å². The number of para-hydroxylation sites is 1. The number of aliphatic hydroxyl groups excluding tert-OH is 1. The average molecular weight is 266 g/mol. The van der Waals surface area contributed by atoms with Crippen molar-refractivity contribution in [3.05, 3.63) is 29.6 Å². The molecule has 1 fully saturated rings. The first-order chi connectivity index (χ1) is 9.26. The van der Waals surface area contributed by atoms with Gasteiger partial charge in [-0.25, -0.2) is 4.39 Å². The molecule has 1 unspecified atom stereocenters. The summed E-state index contributed by atoms with van der Waals surface area (Å²) in [6, 6.07) is 5.29. The van der Waals surface area contributed by atoms with Crippen molar-refractivity contribution >= 4 is 5.69 Å². The van der Waals surface area contributed by atoms with Crippen LogP contribution in [0.3, 0.4) is 0 Å². The normalized spacial score (nSPS) is 19.1. The Bertz CT molecular complexity index is 411. The third kappa shape index (κ3) is 3.45. The van der Waals surface area contributed by atoms with Crippen LogP contribution in [-0.4, -0.2) is 31.3 Å². The molecule has 0 aromatic heterocycles. The Morgan fingerprint density at radius 2 is 2.32 bits per heavy atom. The fourth-order valence-corrected chi connectivity index (χ4v) is 2.77. The molecule has 1 heterocycles. The average Bonchev–Trinajstić information content (AvgIpc) is 2.85. The van der Waals surface area contributed by atoms with Gasteiger partial charge in [-0.15, -0.1) is 0 Å². The van der Waals surface area contributed by atoms with Gasteiger partial charge in [0.25, 0.3) is 0 Å². The molecule has 1 aliphatic heterocycles. The molecule has 106 valence electrons. The predicted octanol–water partition coefficient (Wildman–Crippen LogP) is 2.14. The Morgan fingerprint density at radius 3 is 3.05 bits per heavy atom. The van der Waals surface area contributed by atoms with Crippen molar-refractivity contribution < 1.29 is 9.50 Å². The molecule has 1 saturated heterocycles. The van der Waals surface area contributed by atoms with Gasteiger partial charge in [-0.2, -0.15) is 0 Å². The molecule has 1 aromatic rings. The number of rotatable bonds is 6. The molecule has 2 N–H and O–H groups in total. The van der Waals surface area contributed by atoms with Crippen LogP contribution in [-0.2, 0) is 6.54 Å². The second kappa shape index (κ2) is 6.87. The molecule has 0 amide bonds. The predicted molar refractivity (Wildman–Crippen MR) is 75.8 cm³/mol. The summed E-state index contributed by atoms with van der Waals surface area (Å²) in [7, 11) is 0. The summed E-state index contributed by atoms with van der Waals surface area (Å²) in [6.07, 6.45) is 1.85. The van der Waals surface area contributed by atoms with Gasteiger partial charge in [-0.1, -0.05) is 19.1 Å². The third-order valence-corrected chi connectivity index (χ3v) is 3.78. The molecule has 2 rings (SSSR count). The van der Waals surface area contributed by atoms with Crippen molar-refractivity contribution in [1.82, 2.24) is 5.32 Å². The van der Waals surface area contributed by atoms with Crippen LogP contribution in [0.4, 0.5) is 10.1 Å². The Kier molecular flexibility index (Phi) is 5.16. The molecule has 1 atom stereocenters. The largest absolute Gasteiger partial charge is 0.396 e. The zero-order chi connectivity index (χ0) is 13.7. The minimum Gasteiger partial charge on any atom is -0.396 e. The van der Waals surface area contributed by atoms with Crippen LogP contribution in [0.1, 0.15) is 25.3 Å². The summed E-state index contributed by atoms with van der Waals surface area (Å²) in [5.41, 5.74) is 1.76. The van der Waals surface area contributed by atoms with E-state index >= 15 is 0 Å². The van der Waals surface area contributed by atoms with Crippen LogP contribution in [0, 0.1) is 11.7 Å². The van der Waals surface area contributed by atoms with Gasteiger partial charge in [0, 0.05) is 26.2 Å². The minimum absolute atomic E-state index is 0.139. The van der Waals surface area contributed by atoms with Crippen molar-refractivity contribution in [2.45, 2.75) is 26.3 Å². The number of nitrogens with one attached hydrogen (secondary N) is 1. The number of nitrogens with zero attached hydrogens (tertiary/aromatic N) is 1. The van der Waals surface area contributed by atoms with Gasteiger partial charge in [-0.05, 0) is 36.9 Å². The van der Waals surface area contributed by atoms with E-state index < -0.39 is 0 Å². The lowest BCUT2D eigenvalue weighted by molar-refractivity contribution is 0.263. The highest BCUT2D eigenvalue weighted by Gasteiger charge is 2.25. The van der Waals surface area contributed by atoms with E-state index in [1.165, 1.54) is 6.07 Å². The molecule has 1 aromatic carbocycles. The van der Waals surface area contributed by atoms with E-state index in [1.54, 1.807) is 6.07 Å². The van der Waals surface area contributed by atoms with Crippen LogP contribution in [0.15, 0.2) is 18.2 Å². The fourth-order valence-electron chi connectivity index (χ4n) is 2.77. The van der Waals surface area contributed by atoms with Crippen molar-refractivity contribution in [3.63, 3.8) is 0 Å². The van der Waals surface area contributed by atoms with Crippen molar-refractivity contribution in [2.75, 3.05) is 31.1 Å². The van der Waals surface area contributed by atoms with Gasteiger partial charge in [0.1, 0.15) is 5.82 Å². The van der Waals surface area contributed by atoms with Gasteiger partial charge in [0.15, 0.2) is 0 Å². The van der Waals surface area contributed by atoms with Crippen LogP contribution in [0.5, 0.6) is 0 Å². The van der Waals surface area contributed by atoms with E-state index in [-0.39, 0.29) is 12.4 Å². The standard InChI is InChI=1S/C15H23FN2O/c1-2-17-10-13-4-3-5-14(16)15(13)18-8-6-12(11-18)7-9-19/h3-5,12,17,19H,2,6-11H2,1H3. The zero-order valence-corrected chi connectivity index (χ0v) is 11.5. The molecule has 1 aliphatic rings. The summed E-state index contributed by atoms with van der Waals surface area (Å²) >= 11 is 0. The lowest BCUT2D eigenvalue weighted by atomic mass is 10.1. The lowest BCUT2D eigenvalue weighted by Crippen LogP contribution is -2.24. The summed E-state index contributed by atoms with van der Waals surface area (Å²) < 4.78 is 14.1. The first-order valence-electron chi connectivity index (χ1n) is 7.10. The minimum atomic E-state index is -0.139. The fraction of sp³-hybridized carbons (Fsp3) is 0.600. The molecule has 0 saturated carbocycles. The number of aliphatic hydroxyl groups is 1. The van der Waals surface area contributed by atoms with Gasteiger partial charge in [0.2, 0.25) is 0 Å². The van der Waals surface area contributed by atoms with Crippen LogP contribution < -0.4 is 10.2 Å². The Morgan fingerprint density at radius 1 is 1.47 bits per heavy atom. The lowest BCUT2D eigenvalue weighted by Gasteiger charge is -2.23. The molecular weight excluding hydrogens is 243 g/mol. The zero-order valence-electron chi connectivity index (χ0n) is 11.5. The van der Waals surface area contributed by atoms with Crippen molar-refractivity contribution in [2.24, 2.45) is 5.92 Å². The third-order valence-electron chi connectivity index (χ3n) is 3.78. The van der Waals surface area contributed by atoms with Crippen LogP contribution >= 0.6 is 0 Å². The van der Waals surface area contributed by atoms with Gasteiger partial charge < -0.3 is 15.3 Å². The Balaban J connectivity index is 2.14. The summed E-state index contributed by atoms with van der Waals surface area (Å²) in [4.78, 5) is 2.13. The van der Waals surface area contributed by atoms with E-state index in [4.69, 9.17) is 5.11 Å².